The van der Waals surface area contributed by atoms with Gasteiger partial charge in [-0.1, -0.05) is 33.3 Å². The Labute approximate surface area is 133 Å². The van der Waals surface area contributed by atoms with E-state index in [4.69, 9.17) is 0 Å². The Morgan fingerprint density at radius 1 is 1.27 bits per heavy atom. The first-order valence-electron chi connectivity index (χ1n) is 7.89. The molecule has 1 aromatic rings. The molecule has 5 nitrogen and oxygen atoms in total. The van der Waals surface area contributed by atoms with Crippen molar-refractivity contribution in [3.8, 4) is 0 Å². The first kappa shape index (κ1) is 16.8. The van der Waals surface area contributed by atoms with Crippen molar-refractivity contribution < 1.29 is 8.42 Å². The summed E-state index contributed by atoms with van der Waals surface area (Å²) in [5, 5.41) is 3.07. The summed E-state index contributed by atoms with van der Waals surface area (Å²) in [4.78, 5) is 4.61. The number of nitrogens with one attached hydrogen (secondary N) is 2. The fourth-order valence-electron chi connectivity index (χ4n) is 2.27. The zero-order valence-corrected chi connectivity index (χ0v) is 14.3. The highest BCUT2D eigenvalue weighted by atomic mass is 32.2. The van der Waals surface area contributed by atoms with Gasteiger partial charge in [0.25, 0.3) is 10.0 Å². The van der Waals surface area contributed by atoms with Gasteiger partial charge in [0.2, 0.25) is 5.96 Å². The van der Waals surface area contributed by atoms with Crippen LogP contribution in [0.15, 0.2) is 28.1 Å². The SMILES string of the molecule is CCCCc1ccc2c(c1)S(=O)(=O)NC(=NCCC(C)C)N2. The second-order valence-electron chi connectivity index (χ2n) is 6.08. The van der Waals surface area contributed by atoms with Crippen molar-refractivity contribution in [1.29, 1.82) is 0 Å². The van der Waals surface area contributed by atoms with Crippen LogP contribution in [-0.4, -0.2) is 20.9 Å². The van der Waals surface area contributed by atoms with E-state index in [9.17, 15) is 8.42 Å². The summed E-state index contributed by atoms with van der Waals surface area (Å²) in [6, 6.07) is 5.57. The molecule has 1 aliphatic rings. The smallest absolute Gasteiger partial charge is 0.266 e. The predicted octanol–water partition coefficient (Wildman–Crippen LogP) is 3.14. The summed E-state index contributed by atoms with van der Waals surface area (Å²) >= 11 is 0. The Kier molecular flexibility index (Phi) is 5.45. The molecular weight excluding hydrogens is 298 g/mol. The molecule has 0 fully saturated rings. The van der Waals surface area contributed by atoms with Crippen LogP contribution < -0.4 is 10.0 Å². The molecular formula is C16H25N3O2S. The summed E-state index contributed by atoms with van der Waals surface area (Å²) in [5.74, 6) is 0.854. The Morgan fingerprint density at radius 2 is 2.05 bits per heavy atom. The number of anilines is 1. The van der Waals surface area contributed by atoms with Crippen molar-refractivity contribution >= 4 is 21.7 Å². The van der Waals surface area contributed by atoms with Gasteiger partial charge < -0.3 is 5.32 Å². The highest BCUT2D eigenvalue weighted by Crippen LogP contribution is 2.26. The van der Waals surface area contributed by atoms with E-state index in [1.807, 2.05) is 12.1 Å². The molecule has 0 saturated carbocycles. The Morgan fingerprint density at radius 3 is 2.73 bits per heavy atom. The fourth-order valence-corrected chi connectivity index (χ4v) is 3.47. The third-order valence-corrected chi connectivity index (χ3v) is 4.99. The quantitative estimate of drug-likeness (QED) is 0.845. The van der Waals surface area contributed by atoms with Crippen molar-refractivity contribution in [1.82, 2.24) is 4.72 Å². The number of aryl methyl sites for hydroxylation is 1. The van der Waals surface area contributed by atoms with Crippen LogP contribution in [0.25, 0.3) is 0 Å². The lowest BCUT2D eigenvalue weighted by molar-refractivity contribution is 0.589. The van der Waals surface area contributed by atoms with E-state index in [1.54, 1.807) is 6.07 Å². The second kappa shape index (κ2) is 7.13. The van der Waals surface area contributed by atoms with Gasteiger partial charge in [0, 0.05) is 6.54 Å². The second-order valence-corrected chi connectivity index (χ2v) is 7.73. The van der Waals surface area contributed by atoms with Crippen molar-refractivity contribution in [3.05, 3.63) is 23.8 Å². The highest BCUT2D eigenvalue weighted by molar-refractivity contribution is 7.90. The van der Waals surface area contributed by atoms with Gasteiger partial charge in [-0.15, -0.1) is 0 Å². The Bertz CT molecular complexity index is 651. The summed E-state index contributed by atoms with van der Waals surface area (Å²) in [5.41, 5.74) is 1.65. The molecule has 0 unspecified atom stereocenters. The zero-order valence-electron chi connectivity index (χ0n) is 13.5. The lowest BCUT2D eigenvalue weighted by atomic mass is 10.1. The number of hydrogen-bond acceptors (Lipinski definition) is 3. The number of hydrogen-bond donors (Lipinski definition) is 2. The van der Waals surface area contributed by atoms with Gasteiger partial charge >= 0.3 is 0 Å². The monoisotopic (exact) mass is 323 g/mol. The molecule has 122 valence electrons. The minimum atomic E-state index is -3.53. The molecule has 1 aliphatic heterocycles. The van der Waals surface area contributed by atoms with Crippen LogP contribution in [0.5, 0.6) is 0 Å². The van der Waals surface area contributed by atoms with E-state index in [0.717, 1.165) is 31.2 Å². The lowest BCUT2D eigenvalue weighted by Crippen LogP contribution is -2.41. The normalized spacial score (nSPS) is 17.9. The summed E-state index contributed by atoms with van der Waals surface area (Å²) in [6.45, 7) is 6.96. The maximum atomic E-state index is 12.4. The van der Waals surface area contributed by atoms with Crippen LogP contribution in [0.3, 0.4) is 0 Å². The first-order chi connectivity index (χ1) is 10.4. The van der Waals surface area contributed by atoms with Crippen LogP contribution >= 0.6 is 0 Å². The van der Waals surface area contributed by atoms with Crippen LogP contribution in [0.2, 0.25) is 0 Å². The fraction of sp³-hybridized carbons (Fsp3) is 0.562. The van der Waals surface area contributed by atoms with Gasteiger partial charge in [-0.25, -0.2) is 13.1 Å². The van der Waals surface area contributed by atoms with Gasteiger partial charge in [-0.3, -0.25) is 4.99 Å². The third-order valence-electron chi connectivity index (χ3n) is 3.62. The number of unbranched alkanes of at least 4 members (excludes halogenated alkanes) is 1. The average Bonchev–Trinajstić information content (AvgIpc) is 2.44. The lowest BCUT2D eigenvalue weighted by Gasteiger charge is -2.22. The minimum Gasteiger partial charge on any atom is -0.324 e. The van der Waals surface area contributed by atoms with E-state index >= 15 is 0 Å². The molecule has 1 aromatic carbocycles. The molecule has 0 bridgehead atoms. The number of rotatable bonds is 6. The van der Waals surface area contributed by atoms with Gasteiger partial charge in [-0.2, -0.15) is 0 Å². The summed E-state index contributed by atoms with van der Waals surface area (Å²) < 4.78 is 27.3. The minimum absolute atomic E-state index is 0.309. The number of benzene rings is 1. The Balaban J connectivity index is 2.21. The molecule has 2 rings (SSSR count). The molecule has 0 spiro atoms. The number of guanidine groups is 1. The molecule has 0 aromatic heterocycles. The molecule has 2 N–H and O–H groups in total. The molecule has 0 radical (unpaired) electrons. The van der Waals surface area contributed by atoms with Crippen molar-refractivity contribution in [2.75, 3.05) is 11.9 Å². The third kappa shape index (κ3) is 4.22. The molecule has 1 heterocycles. The van der Waals surface area contributed by atoms with E-state index in [0.29, 0.717) is 29.0 Å². The largest absolute Gasteiger partial charge is 0.324 e. The average molecular weight is 323 g/mol. The first-order valence-corrected chi connectivity index (χ1v) is 9.38. The van der Waals surface area contributed by atoms with Crippen molar-refractivity contribution in [2.24, 2.45) is 10.9 Å². The molecule has 6 heteroatoms. The molecule has 0 aliphatic carbocycles. The highest BCUT2D eigenvalue weighted by Gasteiger charge is 2.26. The Hall–Kier alpha value is -1.56. The number of sulfonamides is 1. The molecule has 22 heavy (non-hydrogen) atoms. The van der Waals surface area contributed by atoms with E-state index in [2.05, 4.69) is 35.8 Å². The van der Waals surface area contributed by atoms with Gasteiger partial charge in [0.15, 0.2) is 0 Å². The number of aliphatic imine (C=N–C) groups is 1. The molecule has 0 amide bonds. The number of nitrogens with zero attached hydrogens (tertiary/aromatic N) is 1. The van der Waals surface area contributed by atoms with Crippen LogP contribution in [0.1, 0.15) is 45.6 Å². The maximum absolute atomic E-state index is 12.4. The van der Waals surface area contributed by atoms with Gasteiger partial charge in [0.05, 0.1) is 5.69 Å². The van der Waals surface area contributed by atoms with E-state index in [1.165, 1.54) is 0 Å². The van der Waals surface area contributed by atoms with Gasteiger partial charge in [-0.05, 0) is 42.9 Å². The van der Waals surface area contributed by atoms with Crippen LogP contribution in [-0.2, 0) is 16.4 Å². The van der Waals surface area contributed by atoms with E-state index in [-0.39, 0.29) is 0 Å². The number of fused-ring (bicyclic) bond motifs is 1. The molecule has 0 atom stereocenters. The van der Waals surface area contributed by atoms with Crippen LogP contribution in [0, 0.1) is 5.92 Å². The van der Waals surface area contributed by atoms with Gasteiger partial charge in [0.1, 0.15) is 4.90 Å². The van der Waals surface area contributed by atoms with Crippen molar-refractivity contribution in [2.45, 2.75) is 51.3 Å². The summed E-state index contributed by atoms with van der Waals surface area (Å²) in [6.07, 6.45) is 3.97. The van der Waals surface area contributed by atoms with E-state index < -0.39 is 10.0 Å². The summed E-state index contributed by atoms with van der Waals surface area (Å²) in [7, 11) is -3.53. The molecule has 0 saturated heterocycles. The van der Waals surface area contributed by atoms with Crippen LogP contribution in [0.4, 0.5) is 5.69 Å². The maximum Gasteiger partial charge on any atom is 0.266 e. The van der Waals surface area contributed by atoms with Crippen molar-refractivity contribution in [3.63, 3.8) is 0 Å². The standard InChI is InChI=1S/C16H25N3O2S/c1-4-5-6-13-7-8-14-15(11-13)22(20,21)19-16(18-14)17-10-9-12(2)3/h7-8,11-12H,4-6,9-10H2,1-3H3,(H2,17,18,19). The predicted molar refractivity (Wildman–Crippen MR) is 90.8 cm³/mol. The topological polar surface area (TPSA) is 70.6 Å². The zero-order chi connectivity index (χ0) is 16.2.